The first-order chi connectivity index (χ1) is 9.04. The van der Waals surface area contributed by atoms with E-state index < -0.39 is 0 Å². The average molecular weight is 265 g/mol. The average Bonchev–Trinajstić information content (AvgIpc) is 2.36. The lowest BCUT2D eigenvalue weighted by Crippen LogP contribution is -2.27. The molecule has 106 valence electrons. The Bertz CT molecular complexity index is 404. The number of hydrogen-bond donors (Lipinski definition) is 2. The Morgan fingerprint density at radius 1 is 1.32 bits per heavy atom. The fourth-order valence-electron chi connectivity index (χ4n) is 1.83. The van der Waals surface area contributed by atoms with Crippen molar-refractivity contribution >= 4 is 5.91 Å². The first-order valence-electron chi connectivity index (χ1n) is 6.70. The molecule has 0 saturated carbocycles. The van der Waals surface area contributed by atoms with Gasteiger partial charge in [-0.15, -0.1) is 0 Å². The summed E-state index contributed by atoms with van der Waals surface area (Å²) in [5, 5.41) is 11.6. The smallest absolute Gasteiger partial charge is 0.220 e. The predicted octanol–water partition coefficient (Wildman–Crippen LogP) is 2.42. The quantitative estimate of drug-likeness (QED) is 0.796. The van der Waals surface area contributed by atoms with Crippen LogP contribution in [0, 0.1) is 0 Å². The second-order valence-corrected chi connectivity index (χ2v) is 4.82. The van der Waals surface area contributed by atoms with Crippen molar-refractivity contribution in [2.45, 2.75) is 45.8 Å². The standard InChI is InChI=1S/C15H23NO3/c1-11(2)19-14-8-5-4-7-13(14)12(3)16-15(18)9-6-10-17/h4-5,7-8,11-12,17H,6,9-10H2,1-3H3,(H,16,18). The highest BCUT2D eigenvalue weighted by Gasteiger charge is 2.14. The van der Waals surface area contributed by atoms with E-state index in [1.807, 2.05) is 45.0 Å². The summed E-state index contributed by atoms with van der Waals surface area (Å²) in [5.41, 5.74) is 0.966. The van der Waals surface area contributed by atoms with E-state index in [1.54, 1.807) is 0 Å². The van der Waals surface area contributed by atoms with Crippen molar-refractivity contribution in [3.63, 3.8) is 0 Å². The van der Waals surface area contributed by atoms with E-state index in [9.17, 15) is 4.79 Å². The summed E-state index contributed by atoms with van der Waals surface area (Å²) in [7, 11) is 0. The number of aliphatic hydroxyl groups excluding tert-OH is 1. The SMILES string of the molecule is CC(C)Oc1ccccc1C(C)NC(=O)CCCO. The van der Waals surface area contributed by atoms with Gasteiger partial charge in [-0.1, -0.05) is 18.2 Å². The second-order valence-electron chi connectivity index (χ2n) is 4.82. The van der Waals surface area contributed by atoms with Crippen LogP contribution in [-0.2, 0) is 4.79 Å². The van der Waals surface area contributed by atoms with Crippen molar-refractivity contribution in [1.82, 2.24) is 5.32 Å². The number of ether oxygens (including phenoxy) is 1. The van der Waals surface area contributed by atoms with Gasteiger partial charge >= 0.3 is 0 Å². The van der Waals surface area contributed by atoms with Gasteiger partial charge in [-0.3, -0.25) is 4.79 Å². The van der Waals surface area contributed by atoms with Crippen molar-refractivity contribution < 1.29 is 14.6 Å². The molecule has 0 bridgehead atoms. The van der Waals surface area contributed by atoms with Crippen molar-refractivity contribution in [3.05, 3.63) is 29.8 Å². The van der Waals surface area contributed by atoms with Crippen LogP contribution in [0.5, 0.6) is 5.75 Å². The number of amides is 1. The molecule has 1 aromatic carbocycles. The van der Waals surface area contributed by atoms with Gasteiger partial charge in [-0.05, 0) is 33.3 Å². The van der Waals surface area contributed by atoms with Gasteiger partial charge in [-0.2, -0.15) is 0 Å². The molecule has 0 fully saturated rings. The highest BCUT2D eigenvalue weighted by atomic mass is 16.5. The number of nitrogens with one attached hydrogen (secondary N) is 1. The van der Waals surface area contributed by atoms with E-state index in [-0.39, 0.29) is 24.7 Å². The summed E-state index contributed by atoms with van der Waals surface area (Å²) in [6.07, 6.45) is 0.926. The van der Waals surface area contributed by atoms with Gasteiger partial charge in [0.25, 0.3) is 0 Å². The highest BCUT2D eigenvalue weighted by molar-refractivity contribution is 5.76. The number of aliphatic hydroxyl groups is 1. The summed E-state index contributed by atoms with van der Waals surface area (Å²) >= 11 is 0. The van der Waals surface area contributed by atoms with Crippen LogP contribution in [0.4, 0.5) is 0 Å². The Balaban J connectivity index is 2.70. The molecule has 4 heteroatoms. The van der Waals surface area contributed by atoms with Gasteiger partial charge in [0.15, 0.2) is 0 Å². The normalized spacial score (nSPS) is 12.3. The van der Waals surface area contributed by atoms with Gasteiger partial charge in [0.05, 0.1) is 12.1 Å². The molecular formula is C15H23NO3. The Hall–Kier alpha value is -1.55. The number of benzene rings is 1. The molecule has 4 nitrogen and oxygen atoms in total. The third-order valence-electron chi connectivity index (χ3n) is 2.69. The number of carbonyl (C=O) groups excluding carboxylic acids is 1. The first-order valence-corrected chi connectivity index (χ1v) is 6.70. The summed E-state index contributed by atoms with van der Waals surface area (Å²) in [6.45, 7) is 5.91. The number of para-hydroxylation sites is 1. The monoisotopic (exact) mass is 265 g/mol. The largest absolute Gasteiger partial charge is 0.491 e. The molecular weight excluding hydrogens is 242 g/mol. The van der Waals surface area contributed by atoms with E-state index in [4.69, 9.17) is 9.84 Å². The molecule has 0 aliphatic heterocycles. The topological polar surface area (TPSA) is 58.6 Å². The molecule has 1 amide bonds. The molecule has 0 radical (unpaired) electrons. The Labute approximate surface area is 114 Å². The van der Waals surface area contributed by atoms with Crippen molar-refractivity contribution in [3.8, 4) is 5.75 Å². The van der Waals surface area contributed by atoms with Crippen molar-refractivity contribution in [2.24, 2.45) is 0 Å². The molecule has 0 aliphatic carbocycles. The molecule has 0 spiro atoms. The predicted molar refractivity (Wildman–Crippen MR) is 75.1 cm³/mol. The van der Waals surface area contributed by atoms with Gasteiger partial charge in [0, 0.05) is 18.6 Å². The number of rotatable bonds is 7. The van der Waals surface area contributed by atoms with Crippen LogP contribution in [0.1, 0.15) is 45.2 Å². The van der Waals surface area contributed by atoms with E-state index in [1.165, 1.54) is 0 Å². The van der Waals surface area contributed by atoms with Crippen LogP contribution >= 0.6 is 0 Å². The third kappa shape index (κ3) is 5.30. The molecule has 19 heavy (non-hydrogen) atoms. The lowest BCUT2D eigenvalue weighted by Gasteiger charge is -2.19. The molecule has 0 saturated heterocycles. The zero-order valence-electron chi connectivity index (χ0n) is 11.8. The summed E-state index contributed by atoms with van der Waals surface area (Å²) < 4.78 is 5.74. The minimum Gasteiger partial charge on any atom is -0.491 e. The molecule has 0 aliphatic rings. The minimum atomic E-state index is -0.110. The Morgan fingerprint density at radius 2 is 2.00 bits per heavy atom. The Kier molecular flexibility index (Phi) is 6.36. The first kappa shape index (κ1) is 15.5. The van der Waals surface area contributed by atoms with E-state index in [2.05, 4.69) is 5.32 Å². The van der Waals surface area contributed by atoms with Crippen LogP contribution in [0.2, 0.25) is 0 Å². The third-order valence-corrected chi connectivity index (χ3v) is 2.69. The fourth-order valence-corrected chi connectivity index (χ4v) is 1.83. The zero-order chi connectivity index (χ0) is 14.3. The van der Waals surface area contributed by atoms with E-state index in [0.717, 1.165) is 11.3 Å². The maximum atomic E-state index is 11.7. The van der Waals surface area contributed by atoms with Gasteiger partial charge in [0.2, 0.25) is 5.91 Å². The van der Waals surface area contributed by atoms with E-state index in [0.29, 0.717) is 12.8 Å². The lowest BCUT2D eigenvalue weighted by atomic mass is 10.1. The maximum Gasteiger partial charge on any atom is 0.220 e. The molecule has 0 heterocycles. The Morgan fingerprint density at radius 3 is 2.63 bits per heavy atom. The van der Waals surface area contributed by atoms with Crippen molar-refractivity contribution in [2.75, 3.05) is 6.61 Å². The fraction of sp³-hybridized carbons (Fsp3) is 0.533. The molecule has 1 unspecified atom stereocenters. The van der Waals surface area contributed by atoms with Gasteiger partial charge in [-0.25, -0.2) is 0 Å². The van der Waals surface area contributed by atoms with Gasteiger partial charge in [0.1, 0.15) is 5.75 Å². The van der Waals surface area contributed by atoms with Crippen LogP contribution in [-0.4, -0.2) is 23.7 Å². The summed E-state index contributed by atoms with van der Waals surface area (Å²) in [6, 6.07) is 7.60. The number of carbonyl (C=O) groups is 1. The molecule has 2 N–H and O–H groups in total. The molecule has 0 aromatic heterocycles. The number of hydrogen-bond acceptors (Lipinski definition) is 3. The minimum absolute atomic E-state index is 0.0366. The van der Waals surface area contributed by atoms with E-state index >= 15 is 0 Å². The molecule has 1 aromatic rings. The van der Waals surface area contributed by atoms with Crippen LogP contribution < -0.4 is 10.1 Å². The second kappa shape index (κ2) is 7.79. The van der Waals surface area contributed by atoms with Crippen LogP contribution in [0.15, 0.2) is 24.3 Å². The van der Waals surface area contributed by atoms with Crippen LogP contribution in [0.3, 0.4) is 0 Å². The highest BCUT2D eigenvalue weighted by Crippen LogP contribution is 2.25. The zero-order valence-corrected chi connectivity index (χ0v) is 11.8. The summed E-state index contributed by atoms with van der Waals surface area (Å²) in [4.78, 5) is 11.7. The van der Waals surface area contributed by atoms with Crippen LogP contribution in [0.25, 0.3) is 0 Å². The maximum absolute atomic E-state index is 11.7. The lowest BCUT2D eigenvalue weighted by molar-refractivity contribution is -0.122. The van der Waals surface area contributed by atoms with Gasteiger partial charge < -0.3 is 15.2 Å². The van der Waals surface area contributed by atoms with Crippen molar-refractivity contribution in [1.29, 1.82) is 0 Å². The molecule has 1 rings (SSSR count). The molecule has 1 atom stereocenters. The summed E-state index contributed by atoms with van der Waals surface area (Å²) in [5.74, 6) is 0.744.